The quantitative estimate of drug-likeness (QED) is 0.797. The molecule has 0 aliphatic carbocycles. The van der Waals surface area contributed by atoms with E-state index in [1.54, 1.807) is 24.8 Å². The van der Waals surface area contributed by atoms with Gasteiger partial charge in [-0.1, -0.05) is 0 Å². The van der Waals surface area contributed by atoms with Crippen LogP contribution in [0.3, 0.4) is 0 Å². The van der Waals surface area contributed by atoms with Crippen LogP contribution >= 0.6 is 0 Å². The SMILES string of the molecule is O=C(CCc1cncnc1)N1CC[C@]2(C1)C(=O)NC[C@@H]2COc1cccnc1. The number of likely N-dealkylation sites (tertiary alicyclic amines) is 1. The molecule has 2 atom stereocenters. The zero-order valence-electron chi connectivity index (χ0n) is 15.6. The van der Waals surface area contributed by atoms with E-state index >= 15 is 0 Å². The number of nitrogens with zero attached hydrogens (tertiary/aromatic N) is 4. The molecule has 2 aromatic heterocycles. The molecule has 0 saturated carbocycles. The normalized spacial score (nSPS) is 23.8. The van der Waals surface area contributed by atoms with E-state index in [0.717, 1.165) is 5.56 Å². The van der Waals surface area contributed by atoms with Crippen LogP contribution in [0.4, 0.5) is 0 Å². The number of nitrogens with one attached hydrogen (secondary N) is 1. The van der Waals surface area contributed by atoms with Crippen LogP contribution in [0.25, 0.3) is 0 Å². The van der Waals surface area contributed by atoms with Crippen molar-refractivity contribution in [2.45, 2.75) is 19.3 Å². The van der Waals surface area contributed by atoms with Crippen LogP contribution in [0.15, 0.2) is 43.2 Å². The molecule has 2 saturated heterocycles. The van der Waals surface area contributed by atoms with Gasteiger partial charge in [-0.25, -0.2) is 9.97 Å². The third-order valence-electron chi connectivity index (χ3n) is 5.72. The molecule has 2 amide bonds. The molecule has 4 rings (SSSR count). The van der Waals surface area contributed by atoms with Crippen molar-refractivity contribution in [2.24, 2.45) is 11.3 Å². The molecule has 1 spiro atoms. The minimum Gasteiger partial charge on any atom is -0.492 e. The van der Waals surface area contributed by atoms with Gasteiger partial charge in [-0.15, -0.1) is 0 Å². The Kier molecular flexibility index (Phi) is 5.18. The predicted molar refractivity (Wildman–Crippen MR) is 100 cm³/mol. The van der Waals surface area contributed by atoms with Gasteiger partial charge in [0.1, 0.15) is 12.1 Å². The van der Waals surface area contributed by atoms with Crippen LogP contribution in [0.5, 0.6) is 5.75 Å². The maximum Gasteiger partial charge on any atom is 0.228 e. The number of carbonyl (C=O) groups is 2. The fourth-order valence-corrected chi connectivity index (χ4v) is 4.05. The van der Waals surface area contributed by atoms with E-state index in [1.807, 2.05) is 17.0 Å². The topological polar surface area (TPSA) is 97.3 Å². The zero-order valence-corrected chi connectivity index (χ0v) is 15.6. The van der Waals surface area contributed by atoms with E-state index in [9.17, 15) is 9.59 Å². The summed E-state index contributed by atoms with van der Waals surface area (Å²) >= 11 is 0. The first-order chi connectivity index (χ1) is 13.7. The Labute approximate surface area is 163 Å². The summed E-state index contributed by atoms with van der Waals surface area (Å²) in [6.07, 6.45) is 9.93. The van der Waals surface area contributed by atoms with Crippen molar-refractivity contribution in [2.75, 3.05) is 26.2 Å². The number of carbonyl (C=O) groups excluding carboxylic acids is 2. The number of amides is 2. The van der Waals surface area contributed by atoms with Crippen LogP contribution in [-0.2, 0) is 16.0 Å². The Morgan fingerprint density at radius 2 is 2.14 bits per heavy atom. The lowest BCUT2D eigenvalue weighted by atomic mass is 9.77. The van der Waals surface area contributed by atoms with E-state index < -0.39 is 5.41 Å². The lowest BCUT2D eigenvalue weighted by molar-refractivity contribution is -0.132. The van der Waals surface area contributed by atoms with Crippen molar-refractivity contribution >= 4 is 11.8 Å². The average Bonchev–Trinajstić information content (AvgIpc) is 3.32. The molecule has 8 heteroatoms. The van der Waals surface area contributed by atoms with Gasteiger partial charge in [0.25, 0.3) is 0 Å². The second-order valence-corrected chi connectivity index (χ2v) is 7.37. The minimum atomic E-state index is -0.562. The molecular formula is C20H23N5O3. The summed E-state index contributed by atoms with van der Waals surface area (Å²) in [6.45, 7) is 2.04. The maximum atomic E-state index is 12.7. The van der Waals surface area contributed by atoms with Crippen molar-refractivity contribution in [1.29, 1.82) is 0 Å². The molecule has 2 aromatic rings. The Balaban J connectivity index is 1.36. The molecular weight excluding hydrogens is 358 g/mol. The lowest BCUT2D eigenvalue weighted by Gasteiger charge is -2.28. The summed E-state index contributed by atoms with van der Waals surface area (Å²) in [5.74, 6) is 0.805. The van der Waals surface area contributed by atoms with Gasteiger partial charge in [0.05, 0.1) is 18.2 Å². The van der Waals surface area contributed by atoms with Crippen molar-refractivity contribution < 1.29 is 14.3 Å². The van der Waals surface area contributed by atoms with Gasteiger partial charge in [-0.3, -0.25) is 14.6 Å². The molecule has 4 heterocycles. The van der Waals surface area contributed by atoms with E-state index in [4.69, 9.17) is 4.74 Å². The Bertz CT molecular complexity index is 832. The maximum absolute atomic E-state index is 12.7. The Morgan fingerprint density at radius 3 is 2.93 bits per heavy atom. The Hall–Kier alpha value is -3.03. The Morgan fingerprint density at radius 1 is 1.29 bits per heavy atom. The molecule has 0 aromatic carbocycles. The third-order valence-corrected chi connectivity index (χ3v) is 5.72. The molecule has 1 N–H and O–H groups in total. The summed E-state index contributed by atoms with van der Waals surface area (Å²) in [6, 6.07) is 3.67. The lowest BCUT2D eigenvalue weighted by Crippen LogP contribution is -2.41. The monoisotopic (exact) mass is 381 g/mol. The fourth-order valence-electron chi connectivity index (χ4n) is 4.05. The highest BCUT2D eigenvalue weighted by Gasteiger charge is 2.54. The minimum absolute atomic E-state index is 0.0269. The summed E-state index contributed by atoms with van der Waals surface area (Å²) in [5, 5.41) is 2.97. The zero-order chi connectivity index (χ0) is 19.4. The van der Waals surface area contributed by atoms with Crippen LogP contribution in [0.2, 0.25) is 0 Å². The van der Waals surface area contributed by atoms with Crippen LogP contribution < -0.4 is 10.1 Å². The highest BCUT2D eigenvalue weighted by Crippen LogP contribution is 2.42. The molecule has 28 heavy (non-hydrogen) atoms. The number of aryl methyl sites for hydroxylation is 1. The van der Waals surface area contributed by atoms with Crippen molar-refractivity contribution in [3.8, 4) is 5.75 Å². The first-order valence-corrected chi connectivity index (χ1v) is 9.50. The van der Waals surface area contributed by atoms with Gasteiger partial charge in [0.2, 0.25) is 11.8 Å². The van der Waals surface area contributed by atoms with E-state index in [0.29, 0.717) is 51.3 Å². The number of rotatable bonds is 6. The van der Waals surface area contributed by atoms with Crippen LogP contribution in [-0.4, -0.2) is 57.9 Å². The van der Waals surface area contributed by atoms with Crippen molar-refractivity contribution in [3.63, 3.8) is 0 Å². The molecule has 2 aliphatic rings. The average molecular weight is 381 g/mol. The van der Waals surface area contributed by atoms with Gasteiger partial charge in [-0.2, -0.15) is 0 Å². The van der Waals surface area contributed by atoms with Gasteiger partial charge in [-0.05, 0) is 30.5 Å². The van der Waals surface area contributed by atoms with Gasteiger partial charge < -0.3 is 15.0 Å². The largest absolute Gasteiger partial charge is 0.492 e. The summed E-state index contributed by atoms with van der Waals surface area (Å²) in [5.41, 5.74) is 0.374. The molecule has 2 fully saturated rings. The second-order valence-electron chi connectivity index (χ2n) is 7.37. The van der Waals surface area contributed by atoms with E-state index in [2.05, 4.69) is 20.3 Å². The second kappa shape index (κ2) is 7.92. The number of aromatic nitrogens is 3. The molecule has 146 valence electrons. The van der Waals surface area contributed by atoms with Gasteiger partial charge in [0.15, 0.2) is 0 Å². The van der Waals surface area contributed by atoms with Crippen LogP contribution in [0.1, 0.15) is 18.4 Å². The van der Waals surface area contributed by atoms with Crippen molar-refractivity contribution in [1.82, 2.24) is 25.2 Å². The highest BCUT2D eigenvalue weighted by molar-refractivity contribution is 5.87. The summed E-state index contributed by atoms with van der Waals surface area (Å²) in [4.78, 5) is 39.1. The van der Waals surface area contributed by atoms with Gasteiger partial charge >= 0.3 is 0 Å². The van der Waals surface area contributed by atoms with Gasteiger partial charge in [0, 0.05) is 50.6 Å². The molecule has 0 radical (unpaired) electrons. The van der Waals surface area contributed by atoms with Crippen molar-refractivity contribution in [3.05, 3.63) is 48.8 Å². The summed E-state index contributed by atoms with van der Waals surface area (Å²) in [7, 11) is 0. The number of hydrogen-bond acceptors (Lipinski definition) is 6. The summed E-state index contributed by atoms with van der Waals surface area (Å²) < 4.78 is 5.85. The first kappa shape index (κ1) is 18.3. The number of hydrogen-bond donors (Lipinski definition) is 1. The predicted octanol–water partition coefficient (Wildman–Crippen LogP) is 0.848. The van der Waals surface area contributed by atoms with E-state index in [1.165, 1.54) is 6.33 Å². The molecule has 8 nitrogen and oxygen atoms in total. The van der Waals surface area contributed by atoms with E-state index in [-0.39, 0.29) is 17.7 Å². The standard InChI is InChI=1S/C20H23N5O3/c26-18(4-3-15-8-22-14-23-9-15)25-7-5-20(13-25)16(10-24-19(20)27)12-28-17-2-1-6-21-11-17/h1-2,6,8-9,11,14,16H,3-5,7,10,12-13H2,(H,24,27)/t16-,20-/m1/s1. The molecule has 0 bridgehead atoms. The number of pyridine rings is 1. The first-order valence-electron chi connectivity index (χ1n) is 9.50. The van der Waals surface area contributed by atoms with Crippen LogP contribution in [0, 0.1) is 11.3 Å². The third kappa shape index (κ3) is 3.67. The highest BCUT2D eigenvalue weighted by atomic mass is 16.5. The smallest absolute Gasteiger partial charge is 0.228 e. The molecule has 2 aliphatic heterocycles. The molecule has 0 unspecified atom stereocenters. The number of ether oxygens (including phenoxy) is 1. The fraction of sp³-hybridized carbons (Fsp3) is 0.450.